The van der Waals surface area contributed by atoms with E-state index < -0.39 is 13.5 Å². The minimum atomic E-state index is -3.58. The molecule has 5 heteroatoms. The molecular weight excluding hydrogens is 311 g/mol. The van der Waals surface area contributed by atoms with Gasteiger partial charge in [0.05, 0.1) is 0 Å². The van der Waals surface area contributed by atoms with Crippen molar-refractivity contribution in [2.45, 2.75) is 5.32 Å². The van der Waals surface area contributed by atoms with Crippen LogP contribution in [0, 0.1) is 0 Å². The quantitative estimate of drug-likeness (QED) is 0.498. The molecule has 102 valence electrons. The van der Waals surface area contributed by atoms with Crippen molar-refractivity contribution in [1.29, 1.82) is 0 Å². The fourth-order valence-electron chi connectivity index (χ4n) is 1.74. The van der Waals surface area contributed by atoms with Gasteiger partial charge in [-0.25, -0.2) is 0 Å². The molecule has 0 amide bonds. The van der Waals surface area contributed by atoms with Gasteiger partial charge in [0.15, 0.2) is 0 Å². The van der Waals surface area contributed by atoms with Gasteiger partial charge in [-0.05, 0) is 0 Å². The molecule has 0 spiro atoms. The topological polar surface area (TPSA) is 58.9 Å². The fourth-order valence-corrected chi connectivity index (χ4v) is 4.91. The summed E-state index contributed by atoms with van der Waals surface area (Å²) in [5.74, 6) is 0.695. The first-order chi connectivity index (χ1) is 9.18. The molecule has 1 unspecified atom stereocenters. The molecule has 0 aliphatic carbocycles. The molecule has 2 rings (SSSR count). The Hall–Kier alpha value is -1.36. The van der Waals surface area contributed by atoms with Gasteiger partial charge in [-0.1, -0.05) is 0 Å². The summed E-state index contributed by atoms with van der Waals surface area (Å²) in [5, 5.41) is 9.42. The second-order valence-electron chi connectivity index (χ2n) is 4.02. The Morgan fingerprint density at radius 2 is 1.63 bits per heavy atom. The molecule has 4 nitrogen and oxygen atoms in total. The summed E-state index contributed by atoms with van der Waals surface area (Å²) in [6.45, 7) is 0. The standard InChI is InChI=1S/C14H16O4Se/c1-17-13-7-9-14(10-8-13)19(16,18-15)11-12-5-3-2-4-6-12/h2-10,15-16H,11H2,1H3. The van der Waals surface area contributed by atoms with Crippen LogP contribution in [0.5, 0.6) is 5.75 Å². The van der Waals surface area contributed by atoms with Gasteiger partial charge in [-0.15, -0.1) is 0 Å². The van der Waals surface area contributed by atoms with Crippen LogP contribution in [0.25, 0.3) is 0 Å². The predicted octanol–water partition coefficient (Wildman–Crippen LogP) is 1.61. The summed E-state index contributed by atoms with van der Waals surface area (Å²) < 4.78 is 20.7. The van der Waals surface area contributed by atoms with Crippen molar-refractivity contribution in [3.8, 4) is 5.75 Å². The van der Waals surface area contributed by atoms with E-state index >= 15 is 0 Å². The molecule has 2 aromatic carbocycles. The number of benzene rings is 2. The molecular formula is C14H16O4Se. The van der Waals surface area contributed by atoms with Crippen LogP contribution in [0.15, 0.2) is 54.6 Å². The molecule has 0 bridgehead atoms. The summed E-state index contributed by atoms with van der Waals surface area (Å²) in [7, 11) is 1.58. The minimum absolute atomic E-state index is 0.306. The van der Waals surface area contributed by atoms with Crippen LogP contribution >= 0.6 is 0 Å². The fraction of sp³-hybridized carbons (Fsp3) is 0.143. The van der Waals surface area contributed by atoms with E-state index in [1.54, 1.807) is 31.4 Å². The Morgan fingerprint density at radius 1 is 1.00 bits per heavy atom. The van der Waals surface area contributed by atoms with Gasteiger partial charge in [0.25, 0.3) is 0 Å². The van der Waals surface area contributed by atoms with Crippen LogP contribution in [-0.2, 0) is 9.29 Å². The van der Waals surface area contributed by atoms with Crippen LogP contribution in [0.1, 0.15) is 5.56 Å². The monoisotopic (exact) mass is 328 g/mol. The molecule has 0 fully saturated rings. The molecule has 0 aromatic heterocycles. The second-order valence-corrected chi connectivity index (χ2v) is 8.62. The first-order valence-electron chi connectivity index (χ1n) is 5.72. The Morgan fingerprint density at radius 3 is 2.16 bits per heavy atom. The van der Waals surface area contributed by atoms with Gasteiger partial charge in [0.2, 0.25) is 0 Å². The van der Waals surface area contributed by atoms with Crippen molar-refractivity contribution in [2.75, 3.05) is 7.11 Å². The van der Waals surface area contributed by atoms with Gasteiger partial charge in [0.1, 0.15) is 0 Å². The third-order valence-corrected chi connectivity index (χ3v) is 6.91. The summed E-state index contributed by atoms with van der Waals surface area (Å²) in [5.41, 5.74) is 0.926. The Kier molecular flexibility index (Phi) is 4.58. The van der Waals surface area contributed by atoms with Gasteiger partial charge in [0, 0.05) is 0 Å². The van der Waals surface area contributed by atoms with Gasteiger partial charge in [-0.2, -0.15) is 0 Å². The van der Waals surface area contributed by atoms with E-state index in [1.165, 1.54) is 0 Å². The molecule has 19 heavy (non-hydrogen) atoms. The molecule has 2 aromatic rings. The van der Waals surface area contributed by atoms with Crippen molar-refractivity contribution in [1.82, 2.24) is 0 Å². The molecule has 1 atom stereocenters. The van der Waals surface area contributed by atoms with Gasteiger partial charge < -0.3 is 0 Å². The Balaban J connectivity index is 2.25. The first-order valence-corrected chi connectivity index (χ1v) is 9.26. The van der Waals surface area contributed by atoms with Crippen LogP contribution in [0.4, 0.5) is 0 Å². The summed E-state index contributed by atoms with van der Waals surface area (Å²) >= 11 is -3.58. The average Bonchev–Trinajstić information content (AvgIpc) is 2.48. The molecule has 0 aliphatic rings. The number of hydrogen-bond donors (Lipinski definition) is 2. The molecule has 2 N–H and O–H groups in total. The van der Waals surface area contributed by atoms with Crippen molar-refractivity contribution in [2.24, 2.45) is 0 Å². The van der Waals surface area contributed by atoms with E-state index in [4.69, 9.17) is 9.99 Å². The molecule has 0 heterocycles. The van der Waals surface area contributed by atoms with Crippen molar-refractivity contribution in [3.63, 3.8) is 0 Å². The van der Waals surface area contributed by atoms with E-state index in [-0.39, 0.29) is 0 Å². The number of methoxy groups -OCH3 is 1. The number of hydrogen-bond acceptors (Lipinski definition) is 4. The summed E-state index contributed by atoms with van der Waals surface area (Å²) in [6.07, 6.45) is 0. The SMILES string of the molecule is COc1ccc([Se](O)(Cc2ccccc2)OO)cc1. The number of ether oxygens (including phenoxy) is 1. The number of rotatable bonds is 5. The molecule has 0 saturated heterocycles. The summed E-state index contributed by atoms with van der Waals surface area (Å²) in [4.78, 5) is 0. The Labute approximate surface area is 115 Å². The second kappa shape index (κ2) is 6.19. The zero-order valence-electron chi connectivity index (χ0n) is 10.5. The zero-order valence-corrected chi connectivity index (χ0v) is 12.2. The zero-order chi connectivity index (χ0) is 13.7. The van der Waals surface area contributed by atoms with E-state index in [0.717, 1.165) is 5.56 Å². The Bertz CT molecular complexity index is 515. The van der Waals surface area contributed by atoms with E-state index in [9.17, 15) is 4.19 Å². The third-order valence-electron chi connectivity index (χ3n) is 2.76. The third kappa shape index (κ3) is 3.35. The van der Waals surface area contributed by atoms with Gasteiger partial charge in [-0.3, -0.25) is 0 Å². The normalized spacial score (nSPS) is 15.5. The molecule has 0 aliphatic heterocycles. The maximum absolute atomic E-state index is 10.6. The van der Waals surface area contributed by atoms with Crippen molar-refractivity contribution >= 4 is 18.0 Å². The first kappa shape index (κ1) is 14.1. The predicted molar refractivity (Wildman–Crippen MR) is 74.5 cm³/mol. The van der Waals surface area contributed by atoms with Crippen molar-refractivity contribution < 1.29 is 18.2 Å². The van der Waals surface area contributed by atoms with Crippen LogP contribution in [0.3, 0.4) is 0 Å². The van der Waals surface area contributed by atoms with E-state index in [1.807, 2.05) is 30.3 Å². The maximum atomic E-state index is 10.6. The van der Waals surface area contributed by atoms with Crippen LogP contribution in [0.2, 0.25) is 0 Å². The van der Waals surface area contributed by atoms with E-state index in [0.29, 0.717) is 15.5 Å². The van der Waals surface area contributed by atoms with Crippen LogP contribution < -0.4 is 9.20 Å². The van der Waals surface area contributed by atoms with Crippen LogP contribution in [-0.4, -0.2) is 30.1 Å². The van der Waals surface area contributed by atoms with Crippen molar-refractivity contribution in [3.05, 3.63) is 60.2 Å². The molecule has 0 saturated carbocycles. The van der Waals surface area contributed by atoms with Gasteiger partial charge >= 0.3 is 114 Å². The van der Waals surface area contributed by atoms with E-state index in [2.05, 4.69) is 3.97 Å². The molecule has 0 radical (unpaired) electrons. The summed E-state index contributed by atoms with van der Waals surface area (Å²) in [6, 6.07) is 16.4. The average molecular weight is 327 g/mol.